The third kappa shape index (κ3) is 5.12. The fourth-order valence-electron chi connectivity index (χ4n) is 3.89. The van der Waals surface area contributed by atoms with Gasteiger partial charge in [-0.05, 0) is 23.8 Å². The zero-order chi connectivity index (χ0) is 25.2. The molecule has 0 aliphatic heterocycles. The normalized spacial score (nSPS) is 12.8. The predicted octanol–water partition coefficient (Wildman–Crippen LogP) is 7.24. The summed E-state index contributed by atoms with van der Waals surface area (Å²) in [5.74, 6) is -0.366. The van der Waals surface area contributed by atoms with Gasteiger partial charge in [0.05, 0.1) is 16.8 Å². The van der Waals surface area contributed by atoms with Crippen LogP contribution in [0.2, 0.25) is 5.02 Å². The van der Waals surface area contributed by atoms with Gasteiger partial charge in [-0.1, -0.05) is 50.6 Å². The van der Waals surface area contributed by atoms with Crippen molar-refractivity contribution in [3.63, 3.8) is 0 Å². The molecule has 0 amide bonds. The number of aromatic amines is 1. The number of aryl methyl sites for hydroxylation is 1. The van der Waals surface area contributed by atoms with Crippen LogP contribution in [-0.2, 0) is 24.8 Å². The van der Waals surface area contributed by atoms with E-state index in [9.17, 15) is 26.3 Å². The Balaban J connectivity index is 0.00000342. The Labute approximate surface area is 224 Å². The van der Waals surface area contributed by atoms with Gasteiger partial charge in [-0.15, -0.1) is 0 Å². The number of nitrogens with zero attached hydrogens (tertiary/aromatic N) is 3. The molecule has 0 saturated carbocycles. The second-order valence-corrected chi connectivity index (χ2v) is 9.33. The van der Waals surface area contributed by atoms with Gasteiger partial charge in [0.1, 0.15) is 16.8 Å². The average molecular weight is 524 g/mol. The summed E-state index contributed by atoms with van der Waals surface area (Å²) >= 11 is 6.17. The van der Waals surface area contributed by atoms with Gasteiger partial charge in [0.15, 0.2) is 5.82 Å². The monoisotopic (exact) mass is 523 g/mol. The van der Waals surface area contributed by atoms with Crippen molar-refractivity contribution in [3.8, 4) is 22.6 Å². The molecule has 12 heteroatoms. The summed E-state index contributed by atoms with van der Waals surface area (Å²) in [7, 11) is 1.30. The maximum Gasteiger partial charge on any atom is 0.420 e. The quantitative estimate of drug-likeness (QED) is 0.222. The predicted molar refractivity (Wildman–Crippen MR) is 123 cm³/mol. The van der Waals surface area contributed by atoms with Gasteiger partial charge in [0.25, 0.3) is 0 Å². The van der Waals surface area contributed by atoms with E-state index >= 15 is 0 Å². The van der Waals surface area contributed by atoms with Crippen LogP contribution in [-0.4, -0.2) is 49.3 Å². The van der Waals surface area contributed by atoms with Crippen LogP contribution in [0.3, 0.4) is 0 Å². The van der Waals surface area contributed by atoms with Gasteiger partial charge in [0, 0.05) is 52.6 Å². The summed E-state index contributed by atoms with van der Waals surface area (Å²) in [5, 5.41) is 4.27. The Morgan fingerprint density at radius 2 is 1.57 bits per heavy atom. The number of rotatable bonds is 2. The van der Waals surface area contributed by atoms with E-state index in [2.05, 4.69) is 15.1 Å². The van der Waals surface area contributed by atoms with Crippen molar-refractivity contribution >= 4 is 52.2 Å². The van der Waals surface area contributed by atoms with E-state index in [0.29, 0.717) is 5.56 Å². The van der Waals surface area contributed by atoms with E-state index in [-0.39, 0.29) is 57.2 Å². The molecule has 0 aliphatic carbocycles. The largest absolute Gasteiger partial charge is 0.420 e. The molecule has 2 aromatic heterocycles. The van der Waals surface area contributed by atoms with Crippen LogP contribution in [0.5, 0.6) is 0 Å². The smallest absolute Gasteiger partial charge is 0.337 e. The van der Waals surface area contributed by atoms with Crippen molar-refractivity contribution in [2.45, 2.75) is 38.5 Å². The van der Waals surface area contributed by atoms with Gasteiger partial charge in [0.2, 0.25) is 0 Å². The first-order valence-corrected chi connectivity index (χ1v) is 10.5. The molecule has 0 bridgehead atoms. The minimum atomic E-state index is -4.81. The topological polar surface area (TPSA) is 46.5 Å². The van der Waals surface area contributed by atoms with E-state index in [0.717, 1.165) is 10.7 Å². The van der Waals surface area contributed by atoms with Crippen molar-refractivity contribution in [3.05, 3.63) is 58.2 Å². The maximum absolute atomic E-state index is 14.1. The Bertz CT molecular complexity index is 1400. The van der Waals surface area contributed by atoms with Gasteiger partial charge in [-0.25, -0.2) is 4.98 Å². The molecule has 4 aromatic rings. The van der Waals surface area contributed by atoms with E-state index in [1.807, 2.05) is 0 Å². The number of imidazole rings is 1. The second kappa shape index (κ2) is 9.14. The van der Waals surface area contributed by atoms with Gasteiger partial charge >= 0.3 is 12.4 Å². The molecule has 0 atom stereocenters. The van der Waals surface area contributed by atoms with E-state index in [1.54, 1.807) is 39.0 Å². The molecule has 0 spiro atoms. The van der Waals surface area contributed by atoms with Gasteiger partial charge in [-0.3, -0.25) is 4.68 Å². The van der Waals surface area contributed by atoms with E-state index < -0.39 is 40.1 Å². The van der Waals surface area contributed by atoms with Crippen LogP contribution in [0, 0.1) is 0 Å². The molecule has 4 nitrogen and oxygen atoms in total. The number of H-pyrrole nitrogens is 1. The number of hydrogen-bond donors (Lipinski definition) is 1. The molecule has 0 unspecified atom stereocenters. The molecule has 0 aliphatic rings. The second-order valence-electron chi connectivity index (χ2n) is 8.93. The van der Waals surface area contributed by atoms with Crippen LogP contribution >= 0.6 is 11.6 Å². The number of alkyl halides is 6. The number of halogens is 7. The van der Waals surface area contributed by atoms with Crippen molar-refractivity contribution in [2.75, 3.05) is 0 Å². The van der Waals surface area contributed by atoms with Gasteiger partial charge in [-0.2, -0.15) is 31.4 Å². The third-order valence-corrected chi connectivity index (χ3v) is 5.67. The molecule has 181 valence electrons. The minimum Gasteiger partial charge on any atom is -0.337 e. The first-order valence-electron chi connectivity index (χ1n) is 10.1. The van der Waals surface area contributed by atoms with Crippen LogP contribution in [0.1, 0.15) is 37.6 Å². The molecule has 0 saturated heterocycles. The number of fused-ring (bicyclic) bond motifs is 1. The molecule has 4 rings (SSSR count). The molecule has 1 radical (unpaired) electrons. The standard InChI is InChI=1S/C23H19ClF6N4.Na/c1-21(2,3)19-16(23(28,29)30)18(34(4)33-19)20-31-15-10-11(12-7-5-6-8-14(12)24)9-13(17(15)32-20)22(25,26)27;/h5-10H,1-4H3,(H,31,32);. The molecule has 1 N–H and O–H groups in total. The maximum atomic E-state index is 14.1. The van der Waals surface area contributed by atoms with Crippen LogP contribution in [0.25, 0.3) is 33.7 Å². The molecule has 2 aromatic carbocycles. The zero-order valence-corrected chi connectivity index (χ0v) is 22.2. The molecule has 35 heavy (non-hydrogen) atoms. The zero-order valence-electron chi connectivity index (χ0n) is 19.5. The summed E-state index contributed by atoms with van der Waals surface area (Å²) in [4.78, 5) is 6.62. The fraction of sp³-hybridized carbons (Fsp3) is 0.304. The molecule has 2 heterocycles. The summed E-state index contributed by atoms with van der Waals surface area (Å²) in [6, 6.07) is 8.62. The SMILES string of the molecule is Cn1nc(C(C)(C)C)c(C(F)(F)F)c1-c1nc2c(C(F)(F)F)cc(-c3ccccc3Cl)cc2[nH]1.[Na]. The molecular weight excluding hydrogens is 505 g/mol. The number of hydrogen-bond acceptors (Lipinski definition) is 2. The summed E-state index contributed by atoms with van der Waals surface area (Å²) in [5.41, 5.74) is -3.85. The first kappa shape index (κ1) is 27.6. The Morgan fingerprint density at radius 3 is 2.11 bits per heavy atom. The van der Waals surface area contributed by atoms with Crippen LogP contribution in [0.15, 0.2) is 36.4 Å². The molecule has 0 fully saturated rings. The summed E-state index contributed by atoms with van der Waals surface area (Å²) in [6.45, 7) is 4.72. The third-order valence-electron chi connectivity index (χ3n) is 5.34. The van der Waals surface area contributed by atoms with Crippen molar-refractivity contribution in [1.82, 2.24) is 19.7 Å². The first-order chi connectivity index (χ1) is 15.6. The van der Waals surface area contributed by atoms with Crippen molar-refractivity contribution in [2.24, 2.45) is 7.05 Å². The van der Waals surface area contributed by atoms with Crippen molar-refractivity contribution < 1.29 is 26.3 Å². The van der Waals surface area contributed by atoms with E-state index in [4.69, 9.17) is 11.6 Å². The number of benzene rings is 2. The summed E-state index contributed by atoms with van der Waals surface area (Å²) in [6.07, 6.45) is -9.61. The Hall–Kier alpha value is -2.01. The van der Waals surface area contributed by atoms with Gasteiger partial charge < -0.3 is 4.98 Å². The Kier molecular flexibility index (Phi) is 7.20. The van der Waals surface area contributed by atoms with Crippen LogP contribution in [0.4, 0.5) is 26.3 Å². The average Bonchev–Trinajstić information content (AvgIpc) is 3.26. The fourth-order valence-corrected chi connectivity index (χ4v) is 4.13. The summed E-state index contributed by atoms with van der Waals surface area (Å²) < 4.78 is 85.1. The number of nitrogens with one attached hydrogen (secondary N) is 1. The minimum absolute atomic E-state index is 0. The van der Waals surface area contributed by atoms with Crippen molar-refractivity contribution in [1.29, 1.82) is 0 Å². The Morgan fingerprint density at radius 1 is 0.943 bits per heavy atom. The van der Waals surface area contributed by atoms with E-state index in [1.165, 1.54) is 19.2 Å². The molecular formula is C23H19ClF6N4Na. The number of aromatic nitrogens is 4. The van der Waals surface area contributed by atoms with Crippen LogP contribution < -0.4 is 0 Å².